The summed E-state index contributed by atoms with van der Waals surface area (Å²) >= 11 is 0. The van der Waals surface area contributed by atoms with E-state index in [4.69, 9.17) is 5.11 Å². The Bertz CT molecular complexity index is 653. The van der Waals surface area contributed by atoms with Gasteiger partial charge in [-0.25, -0.2) is 13.6 Å². The van der Waals surface area contributed by atoms with E-state index in [9.17, 15) is 23.5 Å². The summed E-state index contributed by atoms with van der Waals surface area (Å²) in [4.78, 5) is 23.4. The molecule has 29 heavy (non-hydrogen) atoms. The number of amides is 2. The normalized spacial score (nSPS) is 14.3. The second kappa shape index (κ2) is 12.3. The summed E-state index contributed by atoms with van der Waals surface area (Å²) < 4.78 is 26.8. The highest BCUT2D eigenvalue weighted by Gasteiger charge is 2.25. The van der Waals surface area contributed by atoms with Gasteiger partial charge in [0, 0.05) is 19.2 Å². The van der Waals surface area contributed by atoms with E-state index in [0.717, 1.165) is 18.6 Å². The van der Waals surface area contributed by atoms with Crippen molar-refractivity contribution in [2.45, 2.75) is 58.2 Å². The molecule has 0 bridgehead atoms. The van der Waals surface area contributed by atoms with E-state index >= 15 is 0 Å². The van der Waals surface area contributed by atoms with Gasteiger partial charge in [-0.15, -0.1) is 0 Å². The van der Waals surface area contributed by atoms with Crippen molar-refractivity contribution in [1.29, 1.82) is 0 Å². The van der Waals surface area contributed by atoms with Crippen LogP contribution in [0.15, 0.2) is 18.2 Å². The van der Waals surface area contributed by atoms with Crippen LogP contribution < -0.4 is 16.0 Å². The Hall–Kier alpha value is -2.26. The average molecular weight is 415 g/mol. The fourth-order valence-corrected chi connectivity index (χ4v) is 2.87. The van der Waals surface area contributed by atoms with E-state index in [-0.39, 0.29) is 24.4 Å². The Labute approximate surface area is 169 Å². The molecule has 2 amide bonds. The van der Waals surface area contributed by atoms with Crippen LogP contribution in [-0.2, 0) is 11.2 Å². The lowest BCUT2D eigenvalue weighted by Gasteiger charge is -2.26. The molecule has 0 aliphatic heterocycles. The molecule has 3 atom stereocenters. The number of carboxylic acid groups (broad SMARTS) is 1. The Morgan fingerprint density at radius 1 is 1.10 bits per heavy atom. The largest absolute Gasteiger partial charge is 0.465 e. The third-order valence-corrected chi connectivity index (χ3v) is 4.30. The van der Waals surface area contributed by atoms with Crippen LogP contribution in [0.2, 0.25) is 0 Å². The summed E-state index contributed by atoms with van der Waals surface area (Å²) in [6, 6.07) is 1.33. The van der Waals surface area contributed by atoms with Gasteiger partial charge in [-0.05, 0) is 36.5 Å². The predicted molar refractivity (Wildman–Crippen MR) is 106 cm³/mol. The van der Waals surface area contributed by atoms with E-state index in [1.807, 2.05) is 20.8 Å². The van der Waals surface area contributed by atoms with E-state index in [0.29, 0.717) is 24.9 Å². The minimum atomic E-state index is -1.37. The molecule has 5 N–H and O–H groups in total. The van der Waals surface area contributed by atoms with Crippen LogP contribution in [-0.4, -0.2) is 53.5 Å². The second-order valence-corrected chi connectivity index (χ2v) is 7.49. The van der Waals surface area contributed by atoms with Crippen LogP contribution in [0.3, 0.4) is 0 Å². The first-order valence-corrected chi connectivity index (χ1v) is 9.75. The van der Waals surface area contributed by atoms with Gasteiger partial charge in [-0.2, -0.15) is 0 Å². The van der Waals surface area contributed by atoms with E-state index in [1.54, 1.807) is 0 Å². The summed E-state index contributed by atoms with van der Waals surface area (Å²) in [7, 11) is 0. The predicted octanol–water partition coefficient (Wildman–Crippen LogP) is 2.03. The van der Waals surface area contributed by atoms with Crippen LogP contribution in [0.4, 0.5) is 13.6 Å². The number of hydrogen-bond donors (Lipinski definition) is 5. The number of nitrogens with one attached hydrogen (secondary N) is 3. The lowest BCUT2D eigenvalue weighted by atomic mass is 10.0. The van der Waals surface area contributed by atoms with Crippen molar-refractivity contribution in [3.63, 3.8) is 0 Å². The number of aliphatic hydroxyl groups excluding tert-OH is 1. The monoisotopic (exact) mass is 415 g/mol. The van der Waals surface area contributed by atoms with Gasteiger partial charge in [-0.1, -0.05) is 27.2 Å². The van der Waals surface area contributed by atoms with Crippen LogP contribution in [0.1, 0.15) is 39.2 Å². The van der Waals surface area contributed by atoms with Gasteiger partial charge in [0.1, 0.15) is 11.6 Å². The molecule has 0 aliphatic carbocycles. The Balaban J connectivity index is 2.77. The second-order valence-electron chi connectivity index (χ2n) is 7.49. The minimum Gasteiger partial charge on any atom is -0.465 e. The van der Waals surface area contributed by atoms with Crippen molar-refractivity contribution in [2.24, 2.45) is 5.92 Å². The van der Waals surface area contributed by atoms with Gasteiger partial charge in [0.15, 0.2) is 0 Å². The van der Waals surface area contributed by atoms with Gasteiger partial charge in [0.2, 0.25) is 5.91 Å². The Kier molecular flexibility index (Phi) is 10.5. The SMILES string of the molecule is CCC[C@H](NC[C@H](O)[C@H](Cc1cc(F)cc(F)c1)NC(=O)O)C(=O)NCC(C)C. The summed E-state index contributed by atoms with van der Waals surface area (Å²) in [5.41, 5.74) is 0.208. The number of carbonyl (C=O) groups is 2. The number of benzene rings is 1. The fourth-order valence-electron chi connectivity index (χ4n) is 2.87. The zero-order chi connectivity index (χ0) is 22.0. The van der Waals surface area contributed by atoms with Crippen molar-refractivity contribution in [3.8, 4) is 0 Å². The smallest absolute Gasteiger partial charge is 0.404 e. The molecule has 0 aliphatic rings. The van der Waals surface area contributed by atoms with Gasteiger partial charge in [0.25, 0.3) is 0 Å². The molecule has 0 aromatic heterocycles. The van der Waals surface area contributed by atoms with Crippen LogP contribution in [0, 0.1) is 17.6 Å². The van der Waals surface area contributed by atoms with Gasteiger partial charge >= 0.3 is 6.09 Å². The molecular formula is C20H31F2N3O4. The molecule has 9 heteroatoms. The summed E-state index contributed by atoms with van der Waals surface area (Å²) in [5, 5.41) is 27.5. The first-order chi connectivity index (χ1) is 13.6. The molecule has 0 radical (unpaired) electrons. The topological polar surface area (TPSA) is 111 Å². The molecule has 0 spiro atoms. The summed E-state index contributed by atoms with van der Waals surface area (Å²) in [5.74, 6) is -1.47. The number of hydrogen-bond acceptors (Lipinski definition) is 4. The van der Waals surface area contributed by atoms with E-state index in [1.165, 1.54) is 0 Å². The highest BCUT2D eigenvalue weighted by atomic mass is 19.1. The lowest BCUT2D eigenvalue weighted by Crippen LogP contribution is -2.52. The molecule has 0 heterocycles. The molecule has 0 saturated heterocycles. The number of aliphatic hydroxyl groups is 1. The van der Waals surface area contributed by atoms with Crippen molar-refractivity contribution in [2.75, 3.05) is 13.1 Å². The zero-order valence-corrected chi connectivity index (χ0v) is 17.0. The molecule has 0 unspecified atom stereocenters. The zero-order valence-electron chi connectivity index (χ0n) is 17.0. The molecule has 1 aromatic rings. The highest BCUT2D eigenvalue weighted by molar-refractivity contribution is 5.81. The van der Waals surface area contributed by atoms with Crippen LogP contribution >= 0.6 is 0 Å². The minimum absolute atomic E-state index is 0.0670. The van der Waals surface area contributed by atoms with Crippen molar-refractivity contribution >= 4 is 12.0 Å². The Morgan fingerprint density at radius 2 is 1.72 bits per heavy atom. The first kappa shape index (κ1) is 24.8. The molecular weight excluding hydrogens is 384 g/mol. The van der Waals surface area contributed by atoms with Crippen LogP contribution in [0.5, 0.6) is 0 Å². The van der Waals surface area contributed by atoms with Gasteiger partial charge in [-0.3, -0.25) is 4.79 Å². The summed E-state index contributed by atoms with van der Waals surface area (Å²) in [6.45, 7) is 6.33. The molecule has 1 rings (SSSR count). The maximum Gasteiger partial charge on any atom is 0.404 e. The Morgan fingerprint density at radius 3 is 2.24 bits per heavy atom. The van der Waals surface area contributed by atoms with Crippen molar-refractivity contribution in [3.05, 3.63) is 35.4 Å². The number of rotatable bonds is 12. The van der Waals surface area contributed by atoms with E-state index in [2.05, 4.69) is 16.0 Å². The molecule has 0 fully saturated rings. The fraction of sp³-hybridized carbons (Fsp3) is 0.600. The highest BCUT2D eigenvalue weighted by Crippen LogP contribution is 2.12. The maximum atomic E-state index is 13.4. The third kappa shape index (κ3) is 9.67. The first-order valence-electron chi connectivity index (χ1n) is 9.75. The molecule has 164 valence electrons. The summed E-state index contributed by atoms with van der Waals surface area (Å²) in [6.07, 6.45) is -1.41. The third-order valence-electron chi connectivity index (χ3n) is 4.30. The van der Waals surface area contributed by atoms with Crippen molar-refractivity contribution in [1.82, 2.24) is 16.0 Å². The number of carbonyl (C=O) groups excluding carboxylic acids is 1. The maximum absolute atomic E-state index is 13.4. The quantitative estimate of drug-likeness (QED) is 0.359. The molecule has 0 saturated carbocycles. The standard InChI is InChI=1S/C20H31F2N3O4/c1-4-5-16(19(27)24-10-12(2)3)23-11-18(26)17(25-20(28)29)8-13-6-14(21)9-15(22)7-13/h6-7,9,12,16-18,23,25-26H,4-5,8,10-11H2,1-3H3,(H,24,27)(H,28,29)/t16-,17-,18-/m0/s1. The number of halogens is 2. The van der Waals surface area contributed by atoms with Crippen LogP contribution in [0.25, 0.3) is 0 Å². The lowest BCUT2D eigenvalue weighted by molar-refractivity contribution is -0.123. The van der Waals surface area contributed by atoms with E-state index < -0.39 is 35.9 Å². The average Bonchev–Trinajstić information content (AvgIpc) is 2.61. The molecule has 1 aromatic carbocycles. The van der Waals surface area contributed by atoms with Gasteiger partial charge < -0.3 is 26.2 Å². The molecule has 7 nitrogen and oxygen atoms in total. The van der Waals surface area contributed by atoms with Gasteiger partial charge in [0.05, 0.1) is 18.2 Å². The van der Waals surface area contributed by atoms with Crippen molar-refractivity contribution < 1.29 is 28.6 Å².